The maximum atomic E-state index is 12.2. The number of rotatable bonds is 4. The first-order chi connectivity index (χ1) is 10.3. The molecular weight excluding hydrogens is 303 g/mol. The molecule has 1 N–H and O–H groups in total. The molecule has 2 aromatic rings. The molecule has 22 heavy (non-hydrogen) atoms. The molecule has 0 radical (unpaired) electrons. The van der Waals surface area contributed by atoms with Crippen LogP contribution in [-0.2, 0) is 4.74 Å². The molecule has 0 amide bonds. The van der Waals surface area contributed by atoms with E-state index in [1.165, 1.54) is 12.1 Å². The van der Waals surface area contributed by atoms with E-state index >= 15 is 0 Å². The molecule has 0 atom stereocenters. The summed E-state index contributed by atoms with van der Waals surface area (Å²) in [7, 11) is 0. The van der Waals surface area contributed by atoms with Gasteiger partial charge in [-0.2, -0.15) is 10.3 Å². The van der Waals surface area contributed by atoms with Crippen LogP contribution in [-0.4, -0.2) is 34.3 Å². The van der Waals surface area contributed by atoms with Crippen LogP contribution in [0.5, 0.6) is 5.75 Å². The number of aryl methyl sites for hydroxylation is 1. The summed E-state index contributed by atoms with van der Waals surface area (Å²) < 4.78 is 45.3. The first-order valence-corrected chi connectivity index (χ1v) is 6.26. The fourth-order valence-electron chi connectivity index (χ4n) is 1.86. The van der Waals surface area contributed by atoms with Gasteiger partial charge in [0.15, 0.2) is 5.69 Å². The van der Waals surface area contributed by atoms with E-state index < -0.39 is 12.3 Å². The van der Waals surface area contributed by atoms with Crippen molar-refractivity contribution in [2.24, 2.45) is 0 Å². The van der Waals surface area contributed by atoms with E-state index in [0.717, 1.165) is 6.07 Å². The molecule has 0 saturated carbocycles. The number of carbonyl (C=O) groups excluding carboxylic acids is 1. The lowest BCUT2D eigenvalue weighted by molar-refractivity contribution is -0.274. The third-order valence-corrected chi connectivity index (χ3v) is 2.70. The van der Waals surface area contributed by atoms with Crippen molar-refractivity contribution < 1.29 is 27.4 Å². The molecule has 0 fully saturated rings. The van der Waals surface area contributed by atoms with Gasteiger partial charge in [-0.05, 0) is 37.6 Å². The van der Waals surface area contributed by atoms with E-state index in [-0.39, 0.29) is 23.7 Å². The molecule has 2 rings (SSSR count). The molecule has 1 aromatic carbocycles. The monoisotopic (exact) mass is 315 g/mol. The van der Waals surface area contributed by atoms with Gasteiger partial charge < -0.3 is 9.47 Å². The van der Waals surface area contributed by atoms with Crippen LogP contribution in [0.4, 0.5) is 13.2 Å². The van der Waals surface area contributed by atoms with Gasteiger partial charge in [0.2, 0.25) is 0 Å². The second-order valence-corrected chi connectivity index (χ2v) is 4.27. The van der Waals surface area contributed by atoms with Crippen molar-refractivity contribution in [3.05, 3.63) is 29.5 Å². The Bertz CT molecular complexity index is 683. The normalized spacial score (nSPS) is 11.3. The zero-order chi connectivity index (χ0) is 16.3. The molecule has 1 heterocycles. The van der Waals surface area contributed by atoms with Crippen LogP contribution in [0.2, 0.25) is 0 Å². The minimum Gasteiger partial charge on any atom is -0.461 e. The number of nitrogens with zero attached hydrogens (tertiary/aromatic N) is 2. The number of halogens is 3. The molecule has 9 heteroatoms. The Kier molecular flexibility index (Phi) is 4.34. The standard InChI is InChI=1S/C13H12F3N3O3/c1-3-21-12(20)11-10(17-19-18-11)9-5-4-8(6-7(9)2)22-13(14,15)16/h4-6H,3H2,1-2H3,(H,17,18,19). The minimum absolute atomic E-state index is 0.0329. The minimum atomic E-state index is -4.77. The van der Waals surface area contributed by atoms with E-state index in [1.807, 2.05) is 0 Å². The highest BCUT2D eigenvalue weighted by Gasteiger charge is 2.31. The number of esters is 1. The zero-order valence-corrected chi connectivity index (χ0v) is 11.7. The van der Waals surface area contributed by atoms with E-state index in [1.54, 1.807) is 13.8 Å². The summed E-state index contributed by atoms with van der Waals surface area (Å²) in [5.74, 6) is -1.02. The predicted molar refractivity (Wildman–Crippen MR) is 69.2 cm³/mol. The lowest BCUT2D eigenvalue weighted by Crippen LogP contribution is -2.17. The highest BCUT2D eigenvalue weighted by atomic mass is 19.4. The number of carbonyl (C=O) groups is 1. The van der Waals surface area contributed by atoms with Gasteiger partial charge in [0.1, 0.15) is 11.4 Å². The Morgan fingerprint density at radius 3 is 2.64 bits per heavy atom. The number of ether oxygens (including phenoxy) is 2. The zero-order valence-electron chi connectivity index (χ0n) is 11.7. The molecule has 1 aromatic heterocycles. The first-order valence-electron chi connectivity index (χ1n) is 6.26. The Morgan fingerprint density at radius 2 is 2.05 bits per heavy atom. The summed E-state index contributed by atoms with van der Waals surface area (Å²) in [5.41, 5.74) is 1.07. The number of H-pyrrole nitrogens is 1. The van der Waals surface area contributed by atoms with E-state index in [2.05, 4.69) is 20.1 Å². The van der Waals surface area contributed by atoms with Crippen molar-refractivity contribution >= 4 is 5.97 Å². The number of benzene rings is 1. The quantitative estimate of drug-likeness (QED) is 0.878. The third kappa shape index (κ3) is 3.54. The van der Waals surface area contributed by atoms with Crippen LogP contribution in [0.15, 0.2) is 18.2 Å². The van der Waals surface area contributed by atoms with E-state index in [0.29, 0.717) is 11.1 Å². The molecule has 0 aliphatic carbocycles. The fraction of sp³-hybridized carbons (Fsp3) is 0.308. The SMILES string of the molecule is CCOC(=O)c1n[nH]nc1-c1ccc(OC(F)(F)F)cc1C. The molecule has 0 aliphatic heterocycles. The number of aromatic nitrogens is 3. The second-order valence-electron chi connectivity index (χ2n) is 4.27. The number of hydrogen-bond donors (Lipinski definition) is 1. The molecular formula is C13H12F3N3O3. The molecule has 6 nitrogen and oxygen atoms in total. The summed E-state index contributed by atoms with van der Waals surface area (Å²) in [5, 5.41) is 9.87. The summed E-state index contributed by atoms with van der Waals surface area (Å²) in [6.07, 6.45) is -4.77. The van der Waals surface area contributed by atoms with Gasteiger partial charge in [0.25, 0.3) is 0 Å². The fourth-order valence-corrected chi connectivity index (χ4v) is 1.86. The van der Waals surface area contributed by atoms with E-state index in [9.17, 15) is 18.0 Å². The van der Waals surface area contributed by atoms with Crippen LogP contribution in [0.1, 0.15) is 23.0 Å². The molecule has 0 spiro atoms. The van der Waals surface area contributed by atoms with Gasteiger partial charge in [0, 0.05) is 5.56 Å². The Balaban J connectivity index is 2.35. The summed E-state index contributed by atoms with van der Waals surface area (Å²) in [6, 6.07) is 3.71. The lowest BCUT2D eigenvalue weighted by Gasteiger charge is -2.11. The topological polar surface area (TPSA) is 77.1 Å². The largest absolute Gasteiger partial charge is 0.573 e. The van der Waals surface area contributed by atoms with Crippen molar-refractivity contribution in [3.8, 4) is 17.0 Å². The Hall–Kier alpha value is -2.58. The molecule has 118 valence electrons. The van der Waals surface area contributed by atoms with E-state index in [4.69, 9.17) is 4.74 Å². The molecule has 0 unspecified atom stereocenters. The predicted octanol–water partition coefficient (Wildman–Crippen LogP) is 2.86. The van der Waals surface area contributed by atoms with Crippen molar-refractivity contribution in [1.82, 2.24) is 15.4 Å². The van der Waals surface area contributed by atoms with Gasteiger partial charge in [-0.15, -0.1) is 18.3 Å². The van der Waals surface area contributed by atoms with Crippen molar-refractivity contribution in [2.75, 3.05) is 6.61 Å². The van der Waals surface area contributed by atoms with Gasteiger partial charge >= 0.3 is 12.3 Å². The molecule has 0 aliphatic rings. The number of nitrogens with one attached hydrogen (secondary N) is 1. The number of aromatic amines is 1. The summed E-state index contributed by atoms with van der Waals surface area (Å²) >= 11 is 0. The highest BCUT2D eigenvalue weighted by molar-refractivity contribution is 5.94. The summed E-state index contributed by atoms with van der Waals surface area (Å²) in [4.78, 5) is 11.7. The van der Waals surface area contributed by atoms with Crippen LogP contribution < -0.4 is 4.74 Å². The van der Waals surface area contributed by atoms with Gasteiger partial charge in [-0.3, -0.25) is 0 Å². The second kappa shape index (κ2) is 6.04. The Labute approximate surface area is 123 Å². The van der Waals surface area contributed by atoms with Crippen molar-refractivity contribution in [2.45, 2.75) is 20.2 Å². The van der Waals surface area contributed by atoms with Crippen molar-refractivity contribution in [1.29, 1.82) is 0 Å². The first kappa shape index (κ1) is 15.8. The van der Waals surface area contributed by atoms with Crippen LogP contribution in [0.3, 0.4) is 0 Å². The summed E-state index contributed by atoms with van der Waals surface area (Å²) in [6.45, 7) is 3.39. The number of hydrogen-bond acceptors (Lipinski definition) is 5. The lowest BCUT2D eigenvalue weighted by atomic mass is 10.0. The average molecular weight is 315 g/mol. The number of alkyl halides is 3. The maximum absolute atomic E-state index is 12.2. The van der Waals surface area contributed by atoms with Gasteiger partial charge in [0.05, 0.1) is 6.61 Å². The molecule has 0 bridgehead atoms. The third-order valence-electron chi connectivity index (χ3n) is 2.70. The van der Waals surface area contributed by atoms with Gasteiger partial charge in [-0.25, -0.2) is 4.79 Å². The van der Waals surface area contributed by atoms with Crippen LogP contribution in [0.25, 0.3) is 11.3 Å². The van der Waals surface area contributed by atoms with Crippen LogP contribution in [0, 0.1) is 6.92 Å². The average Bonchev–Trinajstić information content (AvgIpc) is 2.86. The van der Waals surface area contributed by atoms with Gasteiger partial charge in [-0.1, -0.05) is 0 Å². The molecule has 0 saturated heterocycles. The smallest absolute Gasteiger partial charge is 0.461 e. The van der Waals surface area contributed by atoms with Crippen LogP contribution >= 0.6 is 0 Å². The Morgan fingerprint density at radius 1 is 1.32 bits per heavy atom. The highest BCUT2D eigenvalue weighted by Crippen LogP contribution is 2.30. The maximum Gasteiger partial charge on any atom is 0.573 e. The van der Waals surface area contributed by atoms with Crippen molar-refractivity contribution in [3.63, 3.8) is 0 Å².